The van der Waals surface area contributed by atoms with Gasteiger partial charge in [-0.15, -0.1) is 0 Å². The highest BCUT2D eigenvalue weighted by Gasteiger charge is 2.03. The molecule has 18 heavy (non-hydrogen) atoms. The molecule has 0 radical (unpaired) electrons. The number of nitrogens with one attached hydrogen (secondary N) is 2. The zero-order chi connectivity index (χ0) is 13.5. The molecular weight excluding hydrogens is 292 g/mol. The van der Waals surface area contributed by atoms with Crippen molar-refractivity contribution in [2.24, 2.45) is 5.92 Å². The monoisotopic (exact) mass is 312 g/mol. The minimum atomic E-state index is 0.000443. The van der Waals surface area contributed by atoms with Crippen molar-refractivity contribution < 1.29 is 4.79 Å². The van der Waals surface area contributed by atoms with Crippen LogP contribution in [0.2, 0.25) is 0 Å². The van der Waals surface area contributed by atoms with Crippen molar-refractivity contribution in [2.75, 3.05) is 18.4 Å². The Labute approximate surface area is 117 Å². The minimum absolute atomic E-state index is 0.000443. The largest absolute Gasteiger partial charge is 0.325 e. The van der Waals surface area contributed by atoms with Crippen LogP contribution in [0.5, 0.6) is 0 Å². The Morgan fingerprint density at radius 1 is 1.39 bits per heavy atom. The van der Waals surface area contributed by atoms with Gasteiger partial charge >= 0.3 is 0 Å². The minimum Gasteiger partial charge on any atom is -0.325 e. The lowest BCUT2D eigenvalue weighted by atomic mass is 10.1. The van der Waals surface area contributed by atoms with E-state index in [9.17, 15) is 4.79 Å². The van der Waals surface area contributed by atoms with E-state index in [1.807, 2.05) is 25.1 Å². The fraction of sp³-hybridized carbons (Fsp3) is 0.500. The van der Waals surface area contributed by atoms with Crippen molar-refractivity contribution >= 4 is 27.5 Å². The van der Waals surface area contributed by atoms with Crippen LogP contribution in [-0.2, 0) is 4.79 Å². The molecule has 0 aliphatic carbocycles. The van der Waals surface area contributed by atoms with Gasteiger partial charge in [0.1, 0.15) is 0 Å². The number of hydrogen-bond donors (Lipinski definition) is 2. The third kappa shape index (κ3) is 5.65. The Kier molecular flexibility index (Phi) is 6.36. The van der Waals surface area contributed by atoms with Gasteiger partial charge in [0.15, 0.2) is 0 Å². The van der Waals surface area contributed by atoms with E-state index in [4.69, 9.17) is 0 Å². The van der Waals surface area contributed by atoms with Crippen LogP contribution >= 0.6 is 15.9 Å². The molecule has 0 aliphatic heterocycles. The first-order valence-corrected chi connectivity index (χ1v) is 7.05. The molecule has 1 rings (SSSR count). The lowest BCUT2D eigenvalue weighted by Crippen LogP contribution is -2.29. The molecule has 1 amide bonds. The van der Waals surface area contributed by atoms with Crippen molar-refractivity contribution in [1.82, 2.24) is 5.32 Å². The number of amides is 1. The number of hydrogen-bond acceptors (Lipinski definition) is 2. The molecule has 0 fully saturated rings. The zero-order valence-corrected chi connectivity index (χ0v) is 12.8. The highest BCUT2D eigenvalue weighted by molar-refractivity contribution is 9.10. The predicted molar refractivity (Wildman–Crippen MR) is 79.8 cm³/mol. The maximum Gasteiger partial charge on any atom is 0.238 e. The molecule has 1 aromatic rings. The second-order valence-electron chi connectivity index (χ2n) is 4.87. The van der Waals surface area contributed by atoms with E-state index in [1.54, 1.807) is 0 Å². The van der Waals surface area contributed by atoms with Gasteiger partial charge in [-0.25, -0.2) is 0 Å². The molecule has 100 valence electrons. The average molecular weight is 313 g/mol. The van der Waals surface area contributed by atoms with Gasteiger partial charge in [0.2, 0.25) is 5.91 Å². The van der Waals surface area contributed by atoms with Gasteiger partial charge in [-0.1, -0.05) is 29.8 Å². The third-order valence-electron chi connectivity index (χ3n) is 2.63. The summed E-state index contributed by atoms with van der Waals surface area (Å²) in [6.07, 6.45) is 1.09. The van der Waals surface area contributed by atoms with Gasteiger partial charge in [-0.2, -0.15) is 0 Å². The Morgan fingerprint density at radius 3 is 2.72 bits per heavy atom. The van der Waals surface area contributed by atoms with Crippen molar-refractivity contribution in [3.8, 4) is 0 Å². The Balaban J connectivity index is 2.33. The number of halogens is 1. The lowest BCUT2D eigenvalue weighted by molar-refractivity contribution is -0.115. The SMILES string of the molecule is Cc1cc(NC(=O)CNCCC(C)C)ccc1Br. The van der Waals surface area contributed by atoms with E-state index in [1.165, 1.54) is 0 Å². The number of benzene rings is 1. The Morgan fingerprint density at radius 2 is 2.11 bits per heavy atom. The smallest absolute Gasteiger partial charge is 0.238 e. The highest BCUT2D eigenvalue weighted by Crippen LogP contribution is 2.19. The summed E-state index contributed by atoms with van der Waals surface area (Å²) in [4.78, 5) is 11.7. The lowest BCUT2D eigenvalue weighted by Gasteiger charge is -2.09. The number of rotatable bonds is 6. The van der Waals surface area contributed by atoms with Crippen LogP contribution in [0.1, 0.15) is 25.8 Å². The summed E-state index contributed by atoms with van der Waals surface area (Å²) < 4.78 is 1.05. The maximum absolute atomic E-state index is 11.7. The summed E-state index contributed by atoms with van der Waals surface area (Å²) in [7, 11) is 0. The summed E-state index contributed by atoms with van der Waals surface area (Å²) in [6, 6.07) is 5.79. The molecule has 3 nitrogen and oxygen atoms in total. The molecule has 0 unspecified atom stereocenters. The molecule has 0 saturated carbocycles. The van der Waals surface area contributed by atoms with Crippen LogP contribution in [0.25, 0.3) is 0 Å². The summed E-state index contributed by atoms with van der Waals surface area (Å²) >= 11 is 3.44. The molecule has 4 heteroatoms. The first-order chi connectivity index (χ1) is 8.49. The molecule has 0 heterocycles. The van der Waals surface area contributed by atoms with Gasteiger partial charge in [-0.3, -0.25) is 4.79 Å². The van der Waals surface area contributed by atoms with Crippen molar-refractivity contribution in [3.05, 3.63) is 28.2 Å². The summed E-state index contributed by atoms with van der Waals surface area (Å²) in [6.45, 7) is 7.59. The first-order valence-electron chi connectivity index (χ1n) is 6.25. The number of anilines is 1. The van der Waals surface area contributed by atoms with Crippen molar-refractivity contribution in [2.45, 2.75) is 27.2 Å². The molecule has 1 aromatic carbocycles. The standard InChI is InChI=1S/C14H21BrN2O/c1-10(2)6-7-16-9-14(18)17-12-4-5-13(15)11(3)8-12/h4-5,8,10,16H,6-7,9H2,1-3H3,(H,17,18). The molecular formula is C14H21BrN2O. The van der Waals surface area contributed by atoms with Crippen LogP contribution < -0.4 is 10.6 Å². The molecule has 0 saturated heterocycles. The van der Waals surface area contributed by atoms with Crippen LogP contribution in [0.4, 0.5) is 5.69 Å². The molecule has 2 N–H and O–H groups in total. The second kappa shape index (κ2) is 7.54. The Hall–Kier alpha value is -0.870. The second-order valence-corrected chi connectivity index (χ2v) is 5.73. The van der Waals surface area contributed by atoms with E-state index < -0.39 is 0 Å². The number of carbonyl (C=O) groups is 1. The number of carbonyl (C=O) groups excluding carboxylic acids is 1. The molecule has 0 bridgehead atoms. The van der Waals surface area contributed by atoms with E-state index in [2.05, 4.69) is 40.4 Å². The molecule has 0 atom stereocenters. The van der Waals surface area contributed by atoms with Crippen LogP contribution in [0.3, 0.4) is 0 Å². The van der Waals surface area contributed by atoms with Gasteiger partial charge < -0.3 is 10.6 Å². The van der Waals surface area contributed by atoms with Gasteiger partial charge in [0.25, 0.3) is 0 Å². The summed E-state index contributed by atoms with van der Waals surface area (Å²) in [5, 5.41) is 6.02. The normalized spacial score (nSPS) is 10.7. The summed E-state index contributed by atoms with van der Waals surface area (Å²) in [5.74, 6) is 0.662. The highest BCUT2D eigenvalue weighted by atomic mass is 79.9. The van der Waals surface area contributed by atoms with Crippen LogP contribution in [0.15, 0.2) is 22.7 Å². The molecule has 0 aliphatic rings. The molecule has 0 spiro atoms. The van der Waals surface area contributed by atoms with Crippen molar-refractivity contribution in [3.63, 3.8) is 0 Å². The van der Waals surface area contributed by atoms with E-state index in [0.717, 1.165) is 28.7 Å². The van der Waals surface area contributed by atoms with E-state index in [-0.39, 0.29) is 5.91 Å². The summed E-state index contributed by atoms with van der Waals surface area (Å²) in [5.41, 5.74) is 1.95. The fourth-order valence-electron chi connectivity index (χ4n) is 1.52. The topological polar surface area (TPSA) is 41.1 Å². The van der Waals surface area contributed by atoms with Crippen LogP contribution in [0, 0.1) is 12.8 Å². The first kappa shape index (κ1) is 15.2. The van der Waals surface area contributed by atoms with Gasteiger partial charge in [0.05, 0.1) is 6.54 Å². The van der Waals surface area contributed by atoms with E-state index in [0.29, 0.717) is 12.5 Å². The van der Waals surface area contributed by atoms with Gasteiger partial charge in [0, 0.05) is 10.2 Å². The van der Waals surface area contributed by atoms with Crippen molar-refractivity contribution in [1.29, 1.82) is 0 Å². The number of aryl methyl sites for hydroxylation is 1. The molecule has 0 aromatic heterocycles. The maximum atomic E-state index is 11.7. The predicted octanol–water partition coefficient (Wildman–Crippen LogP) is 3.33. The zero-order valence-electron chi connectivity index (χ0n) is 11.2. The van der Waals surface area contributed by atoms with E-state index >= 15 is 0 Å². The quantitative estimate of drug-likeness (QED) is 0.791. The van der Waals surface area contributed by atoms with Gasteiger partial charge in [-0.05, 0) is 49.6 Å². The fourth-order valence-corrected chi connectivity index (χ4v) is 1.77. The average Bonchev–Trinajstić information content (AvgIpc) is 2.29. The third-order valence-corrected chi connectivity index (χ3v) is 3.52. The Bertz CT molecular complexity index is 405. The van der Waals surface area contributed by atoms with Crippen LogP contribution in [-0.4, -0.2) is 19.0 Å².